The third-order valence-corrected chi connectivity index (χ3v) is 2.67. The summed E-state index contributed by atoms with van der Waals surface area (Å²) in [6, 6.07) is 0. The molecule has 0 spiro atoms. The van der Waals surface area contributed by atoms with E-state index < -0.39 is 0 Å². The number of nitrogens with two attached hydrogens (primary N) is 1. The highest BCUT2D eigenvalue weighted by Crippen LogP contribution is 2.26. The van der Waals surface area contributed by atoms with Crippen molar-refractivity contribution in [3.05, 3.63) is 0 Å². The number of hydrogen-bond acceptors (Lipinski definition) is 3. The number of ether oxygens (including phenoxy) is 1. The second-order valence-corrected chi connectivity index (χ2v) is 3.96. The maximum atomic E-state index is 5.32. The Morgan fingerprint density at radius 3 is 2.69 bits per heavy atom. The lowest BCUT2D eigenvalue weighted by Crippen LogP contribution is -2.32. The van der Waals surface area contributed by atoms with E-state index in [1.54, 1.807) is 0 Å². The molecule has 3 heteroatoms. The Morgan fingerprint density at radius 1 is 1.38 bits per heavy atom. The quantitative estimate of drug-likeness (QED) is 0.595. The van der Waals surface area contributed by atoms with Crippen LogP contribution in [0.2, 0.25) is 0 Å². The van der Waals surface area contributed by atoms with Crippen molar-refractivity contribution in [1.82, 2.24) is 4.90 Å². The Kier molecular flexibility index (Phi) is 5.35. The van der Waals surface area contributed by atoms with E-state index >= 15 is 0 Å². The Morgan fingerprint density at radius 2 is 2.15 bits per heavy atom. The fraction of sp³-hybridized carbons (Fsp3) is 1.00. The molecule has 0 heterocycles. The van der Waals surface area contributed by atoms with E-state index in [0.717, 1.165) is 19.1 Å². The summed E-state index contributed by atoms with van der Waals surface area (Å²) in [4.78, 5) is 2.36. The average molecular weight is 186 g/mol. The topological polar surface area (TPSA) is 38.5 Å². The molecule has 0 amide bonds. The maximum Gasteiger partial charge on any atom is 0.0593 e. The third-order valence-electron chi connectivity index (χ3n) is 2.67. The molecule has 0 aromatic carbocycles. The molecule has 1 rings (SSSR count). The predicted octanol–water partition coefficient (Wildman–Crippen LogP) is 0.694. The molecule has 78 valence electrons. The largest absolute Gasteiger partial charge is 0.379 e. The second-order valence-electron chi connectivity index (χ2n) is 3.96. The molecular weight excluding hydrogens is 164 g/mol. The van der Waals surface area contributed by atoms with Crippen LogP contribution in [-0.4, -0.2) is 44.8 Å². The van der Waals surface area contributed by atoms with Crippen molar-refractivity contribution in [2.24, 2.45) is 11.7 Å². The van der Waals surface area contributed by atoms with Gasteiger partial charge in [0.1, 0.15) is 0 Å². The molecule has 2 N–H and O–H groups in total. The SMILES string of the molecule is CN(CCOCCN)CC1CCC1. The highest BCUT2D eigenvalue weighted by Gasteiger charge is 2.18. The van der Waals surface area contributed by atoms with Gasteiger partial charge in [-0.1, -0.05) is 6.42 Å². The Bertz CT molecular complexity index is 126. The van der Waals surface area contributed by atoms with Gasteiger partial charge in [0, 0.05) is 19.6 Å². The van der Waals surface area contributed by atoms with Gasteiger partial charge in [-0.2, -0.15) is 0 Å². The van der Waals surface area contributed by atoms with Gasteiger partial charge >= 0.3 is 0 Å². The first-order valence-corrected chi connectivity index (χ1v) is 5.29. The van der Waals surface area contributed by atoms with E-state index in [-0.39, 0.29) is 0 Å². The second kappa shape index (κ2) is 6.35. The molecule has 0 radical (unpaired) electrons. The summed E-state index contributed by atoms with van der Waals surface area (Å²) in [6.45, 7) is 4.42. The van der Waals surface area contributed by atoms with Crippen LogP contribution in [-0.2, 0) is 4.74 Å². The summed E-state index contributed by atoms with van der Waals surface area (Å²) in [7, 11) is 2.17. The molecular formula is C10H22N2O. The highest BCUT2D eigenvalue weighted by atomic mass is 16.5. The number of rotatable bonds is 7. The van der Waals surface area contributed by atoms with Crippen molar-refractivity contribution in [3.8, 4) is 0 Å². The van der Waals surface area contributed by atoms with E-state index in [4.69, 9.17) is 10.5 Å². The third kappa shape index (κ3) is 4.60. The molecule has 1 fully saturated rings. The van der Waals surface area contributed by atoms with Crippen LogP contribution >= 0.6 is 0 Å². The molecule has 1 aliphatic carbocycles. The first kappa shape index (κ1) is 11.0. The monoisotopic (exact) mass is 186 g/mol. The Balaban J connectivity index is 1.87. The van der Waals surface area contributed by atoms with Crippen LogP contribution in [0.1, 0.15) is 19.3 Å². The molecule has 0 bridgehead atoms. The lowest BCUT2D eigenvalue weighted by Gasteiger charge is -2.29. The summed E-state index contributed by atoms with van der Waals surface area (Å²) in [5.74, 6) is 0.958. The summed E-state index contributed by atoms with van der Waals surface area (Å²) in [5.41, 5.74) is 5.32. The molecule has 0 unspecified atom stereocenters. The minimum absolute atomic E-state index is 0.631. The predicted molar refractivity (Wildman–Crippen MR) is 54.7 cm³/mol. The molecule has 0 aromatic heterocycles. The normalized spacial score (nSPS) is 17.8. The highest BCUT2D eigenvalue weighted by molar-refractivity contribution is 4.72. The maximum absolute atomic E-state index is 5.32. The van der Waals surface area contributed by atoms with Gasteiger partial charge in [-0.3, -0.25) is 0 Å². The lowest BCUT2D eigenvalue weighted by molar-refractivity contribution is 0.105. The van der Waals surface area contributed by atoms with Crippen molar-refractivity contribution in [2.75, 3.05) is 39.9 Å². The van der Waals surface area contributed by atoms with Gasteiger partial charge < -0.3 is 15.4 Å². The Hall–Kier alpha value is -0.120. The summed E-state index contributed by atoms with van der Waals surface area (Å²) in [6.07, 6.45) is 4.28. The minimum Gasteiger partial charge on any atom is -0.379 e. The van der Waals surface area contributed by atoms with E-state index in [2.05, 4.69) is 11.9 Å². The molecule has 3 nitrogen and oxygen atoms in total. The van der Waals surface area contributed by atoms with Crippen LogP contribution in [0.3, 0.4) is 0 Å². The number of nitrogens with zero attached hydrogens (tertiary/aromatic N) is 1. The first-order valence-electron chi connectivity index (χ1n) is 5.29. The van der Waals surface area contributed by atoms with Crippen LogP contribution < -0.4 is 5.73 Å². The van der Waals surface area contributed by atoms with Crippen LogP contribution in [0.15, 0.2) is 0 Å². The standard InChI is InChI=1S/C10H22N2O/c1-12(6-8-13-7-5-11)9-10-3-2-4-10/h10H,2-9,11H2,1H3. The van der Waals surface area contributed by atoms with E-state index in [9.17, 15) is 0 Å². The zero-order chi connectivity index (χ0) is 9.52. The van der Waals surface area contributed by atoms with E-state index in [1.807, 2.05) is 0 Å². The van der Waals surface area contributed by atoms with Crippen molar-refractivity contribution < 1.29 is 4.74 Å². The van der Waals surface area contributed by atoms with Crippen molar-refractivity contribution in [3.63, 3.8) is 0 Å². The van der Waals surface area contributed by atoms with Gasteiger partial charge in [-0.05, 0) is 25.8 Å². The summed E-state index contributed by atoms with van der Waals surface area (Å²) in [5, 5.41) is 0. The van der Waals surface area contributed by atoms with Crippen LogP contribution in [0, 0.1) is 5.92 Å². The van der Waals surface area contributed by atoms with Gasteiger partial charge in [0.25, 0.3) is 0 Å². The number of hydrogen-bond donors (Lipinski definition) is 1. The fourth-order valence-electron chi connectivity index (χ4n) is 1.61. The lowest BCUT2D eigenvalue weighted by atomic mass is 9.85. The average Bonchev–Trinajstić information content (AvgIpc) is 2.06. The van der Waals surface area contributed by atoms with Gasteiger partial charge in [-0.15, -0.1) is 0 Å². The smallest absolute Gasteiger partial charge is 0.0593 e. The minimum atomic E-state index is 0.631. The van der Waals surface area contributed by atoms with Crippen LogP contribution in [0.4, 0.5) is 0 Å². The molecule has 0 atom stereocenters. The van der Waals surface area contributed by atoms with E-state index in [0.29, 0.717) is 13.2 Å². The summed E-state index contributed by atoms with van der Waals surface area (Å²) < 4.78 is 5.32. The van der Waals surface area contributed by atoms with Gasteiger partial charge in [0.15, 0.2) is 0 Å². The molecule has 0 aliphatic heterocycles. The van der Waals surface area contributed by atoms with E-state index in [1.165, 1.54) is 25.8 Å². The molecule has 1 aliphatic rings. The Labute approximate surface area is 81.2 Å². The van der Waals surface area contributed by atoms with Crippen molar-refractivity contribution >= 4 is 0 Å². The zero-order valence-corrected chi connectivity index (χ0v) is 8.67. The van der Waals surface area contributed by atoms with Gasteiger partial charge in [0.05, 0.1) is 13.2 Å². The number of likely N-dealkylation sites (N-methyl/N-ethyl adjacent to an activating group) is 1. The molecule has 13 heavy (non-hydrogen) atoms. The van der Waals surface area contributed by atoms with Gasteiger partial charge in [0.2, 0.25) is 0 Å². The van der Waals surface area contributed by atoms with Gasteiger partial charge in [-0.25, -0.2) is 0 Å². The molecule has 0 saturated heterocycles. The van der Waals surface area contributed by atoms with Crippen LogP contribution in [0.5, 0.6) is 0 Å². The zero-order valence-electron chi connectivity index (χ0n) is 8.67. The molecule has 0 aromatic rings. The fourth-order valence-corrected chi connectivity index (χ4v) is 1.61. The first-order chi connectivity index (χ1) is 6.33. The van der Waals surface area contributed by atoms with Crippen molar-refractivity contribution in [2.45, 2.75) is 19.3 Å². The van der Waals surface area contributed by atoms with Crippen molar-refractivity contribution in [1.29, 1.82) is 0 Å². The molecule has 1 saturated carbocycles. The van der Waals surface area contributed by atoms with Crippen LogP contribution in [0.25, 0.3) is 0 Å². The summed E-state index contributed by atoms with van der Waals surface area (Å²) >= 11 is 0.